The highest BCUT2D eigenvalue weighted by Crippen LogP contribution is 2.19. The molecule has 0 saturated heterocycles. The lowest BCUT2D eigenvalue weighted by Gasteiger charge is -2.26. The molecule has 0 aliphatic rings. The standard InChI is InChI=1S/C14H28N6O7/c1-23-7-18(5-21)12-15-13(19(6-22)10-27-11-26-4)17-14(16-12)20(8-24-2)9-25-3/h21-22H,5-11H2,1-4H3. The Bertz CT molecular complexity index is 521. The predicted molar refractivity (Wildman–Crippen MR) is 94.9 cm³/mol. The van der Waals surface area contributed by atoms with E-state index in [4.69, 9.17) is 23.7 Å². The highest BCUT2D eigenvalue weighted by atomic mass is 16.7. The van der Waals surface area contributed by atoms with Crippen molar-refractivity contribution in [3.8, 4) is 0 Å². The number of hydrogen-bond acceptors (Lipinski definition) is 13. The molecule has 0 aromatic carbocycles. The van der Waals surface area contributed by atoms with Crippen LogP contribution in [-0.2, 0) is 23.7 Å². The van der Waals surface area contributed by atoms with Crippen LogP contribution in [0.15, 0.2) is 0 Å². The Morgan fingerprint density at radius 1 is 0.630 bits per heavy atom. The summed E-state index contributed by atoms with van der Waals surface area (Å²) < 4.78 is 25.4. The third-order valence-electron chi connectivity index (χ3n) is 3.09. The second kappa shape index (κ2) is 13.3. The molecule has 156 valence electrons. The van der Waals surface area contributed by atoms with Crippen LogP contribution in [0.2, 0.25) is 0 Å². The third kappa shape index (κ3) is 7.34. The van der Waals surface area contributed by atoms with Crippen LogP contribution < -0.4 is 14.7 Å². The summed E-state index contributed by atoms with van der Waals surface area (Å²) in [5.74, 6) is 0.487. The predicted octanol–water partition coefficient (Wildman–Crippen LogP) is -1.42. The topological polar surface area (TPSA) is 135 Å². The molecule has 1 rings (SSSR count). The van der Waals surface area contributed by atoms with Gasteiger partial charge in [-0.05, 0) is 0 Å². The summed E-state index contributed by atoms with van der Waals surface area (Å²) in [5, 5.41) is 19.2. The first kappa shape index (κ1) is 23.2. The number of hydrogen-bond donors (Lipinski definition) is 2. The summed E-state index contributed by atoms with van der Waals surface area (Å²) in [6, 6.07) is 0. The first-order valence-corrected chi connectivity index (χ1v) is 7.91. The summed E-state index contributed by atoms with van der Waals surface area (Å²) in [5.41, 5.74) is 0. The van der Waals surface area contributed by atoms with Crippen LogP contribution in [0.5, 0.6) is 0 Å². The molecule has 13 heteroatoms. The highest BCUT2D eigenvalue weighted by molar-refractivity contribution is 5.45. The molecule has 0 saturated carbocycles. The fourth-order valence-corrected chi connectivity index (χ4v) is 1.94. The van der Waals surface area contributed by atoms with Crippen molar-refractivity contribution in [2.24, 2.45) is 0 Å². The van der Waals surface area contributed by atoms with Crippen LogP contribution in [0.25, 0.3) is 0 Å². The van der Waals surface area contributed by atoms with Gasteiger partial charge in [-0.25, -0.2) is 0 Å². The Balaban J connectivity index is 3.27. The quantitative estimate of drug-likeness (QED) is 0.267. The first-order valence-electron chi connectivity index (χ1n) is 7.91. The normalized spacial score (nSPS) is 10.9. The van der Waals surface area contributed by atoms with Crippen molar-refractivity contribution in [1.82, 2.24) is 15.0 Å². The molecule has 0 aliphatic heterocycles. The number of aromatic nitrogens is 3. The summed E-state index contributed by atoms with van der Waals surface area (Å²) in [6.07, 6.45) is 0. The summed E-state index contributed by atoms with van der Waals surface area (Å²) >= 11 is 0. The lowest BCUT2D eigenvalue weighted by Crippen LogP contribution is -2.35. The van der Waals surface area contributed by atoms with E-state index >= 15 is 0 Å². The van der Waals surface area contributed by atoms with Gasteiger partial charge in [0.1, 0.15) is 47.2 Å². The number of aliphatic hydroxyl groups is 2. The molecule has 0 unspecified atom stereocenters. The molecule has 0 fully saturated rings. The van der Waals surface area contributed by atoms with Gasteiger partial charge < -0.3 is 33.9 Å². The molecule has 0 amide bonds. The molecule has 0 aliphatic carbocycles. The number of aliphatic hydroxyl groups excluding tert-OH is 2. The molecule has 0 spiro atoms. The minimum absolute atomic E-state index is 0.0226. The Morgan fingerprint density at radius 3 is 1.44 bits per heavy atom. The average Bonchev–Trinajstić information content (AvgIpc) is 2.69. The second-order valence-electron chi connectivity index (χ2n) is 5.13. The average molecular weight is 392 g/mol. The van der Waals surface area contributed by atoms with Gasteiger partial charge in [0.25, 0.3) is 0 Å². The molecule has 0 radical (unpaired) electrons. The van der Waals surface area contributed by atoms with Crippen LogP contribution in [-0.4, -0.2) is 101 Å². The number of rotatable bonds is 15. The minimum atomic E-state index is -0.412. The molecule has 13 nitrogen and oxygen atoms in total. The maximum Gasteiger partial charge on any atom is 0.235 e. The molecule has 0 bridgehead atoms. The lowest BCUT2D eigenvalue weighted by atomic mass is 10.6. The zero-order valence-electron chi connectivity index (χ0n) is 16.1. The van der Waals surface area contributed by atoms with Crippen molar-refractivity contribution < 1.29 is 33.9 Å². The van der Waals surface area contributed by atoms with E-state index in [9.17, 15) is 10.2 Å². The Hall–Kier alpha value is -1.87. The molecule has 1 heterocycles. The van der Waals surface area contributed by atoms with Gasteiger partial charge in [-0.15, -0.1) is 0 Å². The van der Waals surface area contributed by atoms with Crippen LogP contribution in [0.3, 0.4) is 0 Å². The molecule has 2 N–H and O–H groups in total. The Kier molecular flexibility index (Phi) is 11.4. The van der Waals surface area contributed by atoms with E-state index in [1.807, 2.05) is 0 Å². The Labute approximate surface area is 158 Å². The second-order valence-corrected chi connectivity index (χ2v) is 5.13. The van der Waals surface area contributed by atoms with E-state index in [2.05, 4.69) is 15.0 Å². The highest BCUT2D eigenvalue weighted by Gasteiger charge is 2.20. The fraction of sp³-hybridized carbons (Fsp3) is 0.786. The van der Waals surface area contributed by atoms with E-state index < -0.39 is 6.73 Å². The number of anilines is 3. The maximum absolute atomic E-state index is 9.66. The molecule has 1 aromatic heterocycles. The van der Waals surface area contributed by atoms with Crippen molar-refractivity contribution in [2.45, 2.75) is 0 Å². The zero-order valence-corrected chi connectivity index (χ0v) is 16.1. The van der Waals surface area contributed by atoms with E-state index in [1.54, 1.807) is 4.90 Å². The SMILES string of the molecule is COCOCN(CO)c1nc(N(CO)COC)nc(N(COC)COC)n1. The molecule has 1 aromatic rings. The number of nitrogens with zero attached hydrogens (tertiary/aromatic N) is 6. The van der Waals surface area contributed by atoms with Crippen molar-refractivity contribution >= 4 is 17.8 Å². The van der Waals surface area contributed by atoms with Crippen LogP contribution in [0.1, 0.15) is 0 Å². The van der Waals surface area contributed by atoms with Crippen molar-refractivity contribution in [3.63, 3.8) is 0 Å². The molecular formula is C14H28N6O7. The lowest BCUT2D eigenvalue weighted by molar-refractivity contribution is -0.0334. The van der Waals surface area contributed by atoms with E-state index in [-0.39, 0.29) is 58.3 Å². The zero-order chi connectivity index (χ0) is 20.1. The molecule has 0 atom stereocenters. The fourth-order valence-electron chi connectivity index (χ4n) is 1.94. The van der Waals surface area contributed by atoms with Gasteiger partial charge >= 0.3 is 0 Å². The third-order valence-corrected chi connectivity index (χ3v) is 3.09. The van der Waals surface area contributed by atoms with Gasteiger partial charge in [-0.3, -0.25) is 14.7 Å². The minimum Gasteiger partial charge on any atom is -0.376 e. The Morgan fingerprint density at radius 2 is 1.04 bits per heavy atom. The largest absolute Gasteiger partial charge is 0.376 e. The number of ether oxygens (including phenoxy) is 5. The van der Waals surface area contributed by atoms with Gasteiger partial charge in [-0.1, -0.05) is 0 Å². The molecular weight excluding hydrogens is 364 g/mol. The van der Waals surface area contributed by atoms with Crippen LogP contribution in [0, 0.1) is 0 Å². The van der Waals surface area contributed by atoms with E-state index in [0.717, 1.165) is 0 Å². The van der Waals surface area contributed by atoms with Gasteiger partial charge in [0.15, 0.2) is 0 Å². The summed E-state index contributed by atoms with van der Waals surface area (Å²) in [7, 11) is 6.01. The van der Waals surface area contributed by atoms with E-state index in [0.29, 0.717) is 0 Å². The van der Waals surface area contributed by atoms with Crippen molar-refractivity contribution in [1.29, 1.82) is 0 Å². The maximum atomic E-state index is 9.66. The summed E-state index contributed by atoms with van der Waals surface area (Å²) in [6.45, 7) is -0.431. The van der Waals surface area contributed by atoms with E-state index in [1.165, 1.54) is 38.2 Å². The smallest absolute Gasteiger partial charge is 0.235 e. The number of methoxy groups -OCH3 is 4. The van der Waals surface area contributed by atoms with Gasteiger partial charge in [-0.2, -0.15) is 15.0 Å². The van der Waals surface area contributed by atoms with Gasteiger partial charge in [0.05, 0.1) is 0 Å². The van der Waals surface area contributed by atoms with Crippen LogP contribution in [0.4, 0.5) is 17.8 Å². The van der Waals surface area contributed by atoms with Crippen molar-refractivity contribution in [2.75, 3.05) is 90.3 Å². The first-order chi connectivity index (χ1) is 13.1. The summed E-state index contributed by atoms with van der Waals surface area (Å²) in [4.78, 5) is 17.3. The van der Waals surface area contributed by atoms with Crippen molar-refractivity contribution in [3.05, 3.63) is 0 Å². The van der Waals surface area contributed by atoms with Crippen LogP contribution >= 0.6 is 0 Å². The van der Waals surface area contributed by atoms with Gasteiger partial charge in [0, 0.05) is 28.4 Å². The monoisotopic (exact) mass is 392 g/mol. The van der Waals surface area contributed by atoms with Gasteiger partial charge in [0.2, 0.25) is 17.8 Å². The molecule has 27 heavy (non-hydrogen) atoms.